The second kappa shape index (κ2) is 6.31. The quantitative estimate of drug-likeness (QED) is 0.341. The zero-order valence-corrected chi connectivity index (χ0v) is 11.7. The lowest BCUT2D eigenvalue weighted by molar-refractivity contribution is -0.384. The highest BCUT2D eigenvalue weighted by molar-refractivity contribution is 6.22. The molecule has 116 valence electrons. The summed E-state index contributed by atoms with van der Waals surface area (Å²) in [5.74, 6) is -1.87. The molecule has 0 fully saturated rings. The predicted octanol–water partition coefficient (Wildman–Crippen LogP) is -0.0466. The lowest BCUT2D eigenvalue weighted by Gasteiger charge is -2.13. The van der Waals surface area contributed by atoms with E-state index in [2.05, 4.69) is 5.32 Å². The Morgan fingerprint density at radius 2 is 2.00 bits per heavy atom. The van der Waals surface area contributed by atoms with E-state index < -0.39 is 29.2 Å². The summed E-state index contributed by atoms with van der Waals surface area (Å²) in [6.45, 7) is 0.119. The lowest BCUT2D eigenvalue weighted by atomic mass is 10.1. The van der Waals surface area contributed by atoms with Crippen LogP contribution in [0.2, 0.25) is 0 Å². The second-order valence-corrected chi connectivity index (χ2v) is 4.53. The third-order valence-corrected chi connectivity index (χ3v) is 3.10. The van der Waals surface area contributed by atoms with E-state index in [0.29, 0.717) is 6.61 Å². The Morgan fingerprint density at radius 1 is 1.32 bits per heavy atom. The SMILES string of the molecule is COCCNC(=O)CN1C(=O)c2ccc([N+](=O)[O-])cc2C1=O. The van der Waals surface area contributed by atoms with E-state index >= 15 is 0 Å². The van der Waals surface area contributed by atoms with Crippen molar-refractivity contribution in [3.05, 3.63) is 39.4 Å². The summed E-state index contributed by atoms with van der Waals surface area (Å²) in [6, 6.07) is 3.40. The number of hydrogen-bond acceptors (Lipinski definition) is 6. The summed E-state index contributed by atoms with van der Waals surface area (Å²) >= 11 is 0. The third-order valence-electron chi connectivity index (χ3n) is 3.10. The van der Waals surface area contributed by atoms with Gasteiger partial charge in [-0.1, -0.05) is 0 Å². The van der Waals surface area contributed by atoms with E-state index in [1.54, 1.807) is 0 Å². The minimum absolute atomic E-state index is 0.0558. The second-order valence-electron chi connectivity index (χ2n) is 4.53. The van der Waals surface area contributed by atoms with Crippen molar-refractivity contribution >= 4 is 23.4 Å². The van der Waals surface area contributed by atoms with Crippen LogP contribution in [0.15, 0.2) is 18.2 Å². The molecule has 0 spiro atoms. The van der Waals surface area contributed by atoms with Gasteiger partial charge in [0.15, 0.2) is 0 Å². The smallest absolute Gasteiger partial charge is 0.270 e. The predicted molar refractivity (Wildman–Crippen MR) is 73.3 cm³/mol. The Balaban J connectivity index is 2.13. The fourth-order valence-electron chi connectivity index (χ4n) is 2.03. The number of imide groups is 1. The Bertz CT molecular complexity index is 657. The van der Waals surface area contributed by atoms with Gasteiger partial charge in [0.25, 0.3) is 17.5 Å². The molecule has 1 aromatic rings. The van der Waals surface area contributed by atoms with Gasteiger partial charge in [-0.05, 0) is 6.07 Å². The molecule has 1 aromatic carbocycles. The molecular formula is C13H13N3O6. The first-order chi connectivity index (χ1) is 10.5. The van der Waals surface area contributed by atoms with Crippen molar-refractivity contribution in [1.82, 2.24) is 10.2 Å². The highest BCUT2D eigenvalue weighted by Gasteiger charge is 2.37. The van der Waals surface area contributed by atoms with Gasteiger partial charge in [0.1, 0.15) is 6.54 Å². The average Bonchev–Trinajstić information content (AvgIpc) is 2.72. The van der Waals surface area contributed by atoms with Crippen molar-refractivity contribution in [2.24, 2.45) is 0 Å². The maximum atomic E-state index is 12.1. The Morgan fingerprint density at radius 3 is 2.64 bits per heavy atom. The van der Waals surface area contributed by atoms with Crippen LogP contribution in [0.25, 0.3) is 0 Å². The van der Waals surface area contributed by atoms with E-state index in [0.717, 1.165) is 17.0 Å². The standard InChI is InChI=1S/C13H13N3O6/c1-22-5-4-14-11(17)7-15-12(18)9-3-2-8(16(20)21)6-10(9)13(15)19/h2-3,6H,4-5,7H2,1H3,(H,14,17). The molecular weight excluding hydrogens is 294 g/mol. The highest BCUT2D eigenvalue weighted by Crippen LogP contribution is 2.26. The van der Waals surface area contributed by atoms with E-state index in [4.69, 9.17) is 4.74 Å². The van der Waals surface area contributed by atoms with Crippen molar-refractivity contribution in [2.45, 2.75) is 0 Å². The summed E-state index contributed by atoms with van der Waals surface area (Å²) in [6.07, 6.45) is 0. The number of benzene rings is 1. The fourth-order valence-corrected chi connectivity index (χ4v) is 2.03. The van der Waals surface area contributed by atoms with Crippen LogP contribution < -0.4 is 5.32 Å². The molecule has 0 saturated heterocycles. The van der Waals surface area contributed by atoms with Crippen LogP contribution in [0, 0.1) is 10.1 Å². The van der Waals surface area contributed by atoms with E-state index in [-0.39, 0.29) is 23.4 Å². The van der Waals surface area contributed by atoms with E-state index in [1.165, 1.54) is 13.2 Å². The number of nitro benzene ring substituents is 1. The number of hydrogen-bond donors (Lipinski definition) is 1. The van der Waals surface area contributed by atoms with Crippen molar-refractivity contribution in [3.63, 3.8) is 0 Å². The average molecular weight is 307 g/mol. The summed E-state index contributed by atoms with van der Waals surface area (Å²) in [7, 11) is 1.48. The van der Waals surface area contributed by atoms with Crippen LogP contribution in [0.1, 0.15) is 20.7 Å². The van der Waals surface area contributed by atoms with Gasteiger partial charge in [-0.15, -0.1) is 0 Å². The number of carbonyl (C=O) groups excluding carboxylic acids is 3. The molecule has 1 heterocycles. The number of nitrogens with one attached hydrogen (secondary N) is 1. The van der Waals surface area contributed by atoms with Gasteiger partial charge in [0, 0.05) is 25.8 Å². The number of carbonyl (C=O) groups is 3. The van der Waals surface area contributed by atoms with Crippen molar-refractivity contribution in [1.29, 1.82) is 0 Å². The molecule has 3 amide bonds. The minimum atomic E-state index is -0.717. The summed E-state index contributed by atoms with van der Waals surface area (Å²) < 4.78 is 4.76. The van der Waals surface area contributed by atoms with Crippen LogP contribution in [0.5, 0.6) is 0 Å². The normalized spacial score (nSPS) is 13.2. The van der Waals surface area contributed by atoms with Gasteiger partial charge in [0.05, 0.1) is 22.7 Å². The lowest BCUT2D eigenvalue weighted by Crippen LogP contribution is -2.41. The largest absolute Gasteiger partial charge is 0.383 e. The van der Waals surface area contributed by atoms with Gasteiger partial charge >= 0.3 is 0 Å². The first-order valence-corrected chi connectivity index (χ1v) is 6.36. The number of non-ortho nitro benzene ring substituents is 1. The fraction of sp³-hybridized carbons (Fsp3) is 0.308. The van der Waals surface area contributed by atoms with Crippen LogP contribution >= 0.6 is 0 Å². The Labute approximate surface area is 125 Å². The molecule has 9 heteroatoms. The zero-order valence-electron chi connectivity index (χ0n) is 11.7. The number of nitro groups is 1. The van der Waals surface area contributed by atoms with Crippen molar-refractivity contribution in [2.75, 3.05) is 26.8 Å². The monoisotopic (exact) mass is 307 g/mol. The van der Waals surface area contributed by atoms with Gasteiger partial charge < -0.3 is 10.1 Å². The van der Waals surface area contributed by atoms with E-state index in [9.17, 15) is 24.5 Å². The number of methoxy groups -OCH3 is 1. The van der Waals surface area contributed by atoms with Crippen LogP contribution in [0.3, 0.4) is 0 Å². The first-order valence-electron chi connectivity index (χ1n) is 6.36. The molecule has 9 nitrogen and oxygen atoms in total. The van der Waals surface area contributed by atoms with E-state index in [1.807, 2.05) is 0 Å². The van der Waals surface area contributed by atoms with Gasteiger partial charge in [0.2, 0.25) is 5.91 Å². The summed E-state index contributed by atoms with van der Waals surface area (Å²) in [5.41, 5.74) is -0.296. The maximum absolute atomic E-state index is 12.1. The molecule has 0 saturated carbocycles. The summed E-state index contributed by atoms with van der Waals surface area (Å²) in [4.78, 5) is 46.7. The Kier molecular flexibility index (Phi) is 4.47. The molecule has 1 aliphatic heterocycles. The number of amides is 3. The molecule has 0 bridgehead atoms. The molecule has 0 radical (unpaired) electrons. The van der Waals surface area contributed by atoms with Crippen LogP contribution in [-0.4, -0.2) is 54.4 Å². The number of fused-ring (bicyclic) bond motifs is 1. The number of rotatable bonds is 6. The molecule has 0 aromatic heterocycles. The summed E-state index contributed by atoms with van der Waals surface area (Å²) in [5, 5.41) is 13.2. The molecule has 0 atom stereocenters. The third kappa shape index (κ3) is 2.93. The minimum Gasteiger partial charge on any atom is -0.383 e. The van der Waals surface area contributed by atoms with Crippen LogP contribution in [0.4, 0.5) is 5.69 Å². The first kappa shape index (κ1) is 15.6. The molecule has 22 heavy (non-hydrogen) atoms. The zero-order chi connectivity index (χ0) is 16.3. The van der Waals surface area contributed by atoms with Crippen molar-refractivity contribution in [3.8, 4) is 0 Å². The van der Waals surface area contributed by atoms with Crippen LogP contribution in [-0.2, 0) is 9.53 Å². The molecule has 1 aliphatic rings. The molecule has 0 unspecified atom stereocenters. The molecule has 2 rings (SSSR count). The topological polar surface area (TPSA) is 119 Å². The van der Waals surface area contributed by atoms with Gasteiger partial charge in [-0.3, -0.25) is 29.4 Å². The number of ether oxygens (including phenoxy) is 1. The maximum Gasteiger partial charge on any atom is 0.270 e. The number of nitrogens with zero attached hydrogens (tertiary/aromatic N) is 2. The molecule has 1 N–H and O–H groups in total. The van der Waals surface area contributed by atoms with Crippen molar-refractivity contribution < 1.29 is 24.0 Å². The van der Waals surface area contributed by atoms with Gasteiger partial charge in [-0.25, -0.2) is 0 Å². The Hall–Kier alpha value is -2.81. The molecule has 0 aliphatic carbocycles. The van der Waals surface area contributed by atoms with Gasteiger partial charge in [-0.2, -0.15) is 0 Å². The highest BCUT2D eigenvalue weighted by atomic mass is 16.6.